The van der Waals surface area contributed by atoms with Crippen LogP contribution in [0.1, 0.15) is 18.7 Å². The summed E-state index contributed by atoms with van der Waals surface area (Å²) in [4.78, 5) is 20.6. The molecule has 2 aliphatic heterocycles. The topological polar surface area (TPSA) is 75.4 Å². The van der Waals surface area contributed by atoms with Crippen LogP contribution < -0.4 is 9.80 Å². The van der Waals surface area contributed by atoms with E-state index in [0.717, 1.165) is 76.4 Å². The molecule has 0 aliphatic carbocycles. The van der Waals surface area contributed by atoms with E-state index in [4.69, 9.17) is 9.72 Å². The van der Waals surface area contributed by atoms with Crippen molar-refractivity contribution < 1.29 is 4.74 Å². The van der Waals surface area contributed by atoms with Crippen LogP contribution in [-0.2, 0) is 18.3 Å². The number of anilines is 2. The number of piperidine rings is 1. The molecule has 0 spiro atoms. The Morgan fingerprint density at radius 3 is 2.63 bits per heavy atom. The zero-order chi connectivity index (χ0) is 18.6. The summed E-state index contributed by atoms with van der Waals surface area (Å²) in [5.41, 5.74) is 0. The lowest BCUT2D eigenvalue weighted by Crippen LogP contribution is -2.44. The number of aromatic nitrogens is 5. The van der Waals surface area contributed by atoms with Crippen LogP contribution in [0.25, 0.3) is 0 Å². The lowest BCUT2D eigenvalue weighted by molar-refractivity contribution is 0.122. The first-order valence-electron chi connectivity index (χ1n) is 9.64. The highest BCUT2D eigenvalue weighted by atomic mass is 16.5. The average Bonchev–Trinajstić information content (AvgIpc) is 3.13. The highest BCUT2D eigenvalue weighted by molar-refractivity contribution is 5.44. The van der Waals surface area contributed by atoms with Crippen LogP contribution in [0.4, 0.5) is 11.8 Å². The number of likely N-dealkylation sites (tertiary alicyclic amines) is 1. The maximum Gasteiger partial charge on any atom is 0.227 e. The van der Waals surface area contributed by atoms with Crippen molar-refractivity contribution in [3.8, 4) is 0 Å². The minimum atomic E-state index is 0.494. The van der Waals surface area contributed by atoms with Crippen molar-refractivity contribution >= 4 is 11.8 Å². The Bertz CT molecular complexity index is 736. The molecule has 0 radical (unpaired) electrons. The molecule has 0 unspecified atom stereocenters. The van der Waals surface area contributed by atoms with E-state index in [1.807, 2.05) is 24.0 Å². The molecule has 4 rings (SSSR count). The summed E-state index contributed by atoms with van der Waals surface area (Å²) in [6.45, 7) is 6.18. The molecule has 9 nitrogen and oxygen atoms in total. The molecule has 0 saturated carbocycles. The molecule has 2 fully saturated rings. The Morgan fingerprint density at radius 1 is 1.15 bits per heavy atom. The van der Waals surface area contributed by atoms with Gasteiger partial charge in [0, 0.05) is 52.5 Å². The van der Waals surface area contributed by atoms with E-state index in [1.54, 1.807) is 6.33 Å². The summed E-state index contributed by atoms with van der Waals surface area (Å²) in [5, 5.41) is 4.16. The number of aryl methyl sites for hydroxylation is 1. The van der Waals surface area contributed by atoms with Crippen LogP contribution in [0, 0.1) is 0 Å². The molecule has 9 heteroatoms. The number of rotatable bonds is 5. The third-order valence-electron chi connectivity index (χ3n) is 5.56. The SMILES string of the molecule is CN(c1ccnc(N2CCOCC2)n1)C1CCN(Cc2ncnn2C)CC1. The van der Waals surface area contributed by atoms with Crippen molar-refractivity contribution in [2.24, 2.45) is 7.05 Å². The fourth-order valence-electron chi connectivity index (χ4n) is 3.77. The molecule has 2 saturated heterocycles. The molecule has 2 aliphatic rings. The Balaban J connectivity index is 1.35. The van der Waals surface area contributed by atoms with Gasteiger partial charge in [0.1, 0.15) is 18.0 Å². The number of nitrogens with zero attached hydrogens (tertiary/aromatic N) is 8. The van der Waals surface area contributed by atoms with Crippen molar-refractivity contribution in [3.63, 3.8) is 0 Å². The van der Waals surface area contributed by atoms with Gasteiger partial charge in [0.15, 0.2) is 0 Å². The molecule has 2 aromatic heterocycles. The number of hydrogen-bond donors (Lipinski definition) is 0. The van der Waals surface area contributed by atoms with E-state index in [0.29, 0.717) is 6.04 Å². The van der Waals surface area contributed by atoms with Gasteiger partial charge < -0.3 is 14.5 Å². The first kappa shape index (κ1) is 18.1. The largest absolute Gasteiger partial charge is 0.378 e. The number of hydrogen-bond acceptors (Lipinski definition) is 8. The van der Waals surface area contributed by atoms with Crippen molar-refractivity contribution in [3.05, 3.63) is 24.4 Å². The van der Waals surface area contributed by atoms with Gasteiger partial charge in [0.2, 0.25) is 5.95 Å². The fraction of sp³-hybridized carbons (Fsp3) is 0.667. The molecule has 4 heterocycles. The van der Waals surface area contributed by atoms with Crippen molar-refractivity contribution in [1.29, 1.82) is 0 Å². The molecule has 27 heavy (non-hydrogen) atoms. The number of morpholine rings is 1. The summed E-state index contributed by atoms with van der Waals surface area (Å²) in [6.07, 6.45) is 5.72. The van der Waals surface area contributed by atoms with Gasteiger partial charge in [-0.1, -0.05) is 0 Å². The van der Waals surface area contributed by atoms with Gasteiger partial charge in [0.25, 0.3) is 0 Å². The van der Waals surface area contributed by atoms with Crippen LogP contribution in [0.2, 0.25) is 0 Å². The van der Waals surface area contributed by atoms with E-state index in [1.165, 1.54) is 0 Å². The second-order valence-corrected chi connectivity index (χ2v) is 7.23. The van der Waals surface area contributed by atoms with Crippen LogP contribution in [0.5, 0.6) is 0 Å². The lowest BCUT2D eigenvalue weighted by atomic mass is 10.0. The first-order chi connectivity index (χ1) is 13.2. The summed E-state index contributed by atoms with van der Waals surface area (Å²) in [5.74, 6) is 2.83. The minimum Gasteiger partial charge on any atom is -0.378 e. The highest BCUT2D eigenvalue weighted by Crippen LogP contribution is 2.22. The van der Waals surface area contributed by atoms with Crippen LogP contribution in [-0.4, -0.2) is 82.1 Å². The van der Waals surface area contributed by atoms with Gasteiger partial charge in [0.05, 0.1) is 19.8 Å². The predicted octanol–water partition coefficient (Wildman–Crippen LogP) is 0.543. The van der Waals surface area contributed by atoms with Gasteiger partial charge in [-0.25, -0.2) is 9.97 Å². The van der Waals surface area contributed by atoms with Crippen LogP contribution in [0.3, 0.4) is 0 Å². The Morgan fingerprint density at radius 2 is 1.93 bits per heavy atom. The fourth-order valence-corrected chi connectivity index (χ4v) is 3.77. The van der Waals surface area contributed by atoms with E-state index in [2.05, 4.69) is 36.8 Å². The van der Waals surface area contributed by atoms with Crippen molar-refractivity contribution in [2.45, 2.75) is 25.4 Å². The van der Waals surface area contributed by atoms with Crippen LogP contribution >= 0.6 is 0 Å². The maximum absolute atomic E-state index is 5.43. The van der Waals surface area contributed by atoms with Crippen LogP contribution in [0.15, 0.2) is 18.6 Å². The molecular weight excluding hydrogens is 344 g/mol. The maximum atomic E-state index is 5.43. The third kappa shape index (κ3) is 4.19. The summed E-state index contributed by atoms with van der Waals surface area (Å²) < 4.78 is 7.28. The second kappa shape index (κ2) is 8.18. The highest BCUT2D eigenvalue weighted by Gasteiger charge is 2.25. The van der Waals surface area contributed by atoms with E-state index in [9.17, 15) is 0 Å². The molecule has 2 aromatic rings. The zero-order valence-corrected chi connectivity index (χ0v) is 16.2. The smallest absolute Gasteiger partial charge is 0.227 e. The van der Waals surface area contributed by atoms with Crippen molar-refractivity contribution in [2.75, 3.05) is 56.2 Å². The lowest BCUT2D eigenvalue weighted by Gasteiger charge is -2.37. The van der Waals surface area contributed by atoms with Gasteiger partial charge in [-0.3, -0.25) is 9.58 Å². The first-order valence-corrected chi connectivity index (χ1v) is 9.64. The quantitative estimate of drug-likeness (QED) is 0.753. The predicted molar refractivity (Wildman–Crippen MR) is 103 cm³/mol. The Hall–Kier alpha value is -2.26. The molecule has 146 valence electrons. The summed E-state index contributed by atoms with van der Waals surface area (Å²) >= 11 is 0. The van der Waals surface area contributed by atoms with Gasteiger partial charge in [-0.2, -0.15) is 10.1 Å². The van der Waals surface area contributed by atoms with Gasteiger partial charge in [-0.15, -0.1) is 0 Å². The minimum absolute atomic E-state index is 0.494. The van der Waals surface area contributed by atoms with Crippen molar-refractivity contribution in [1.82, 2.24) is 29.6 Å². The Labute approximate surface area is 160 Å². The summed E-state index contributed by atoms with van der Waals surface area (Å²) in [7, 11) is 4.10. The monoisotopic (exact) mass is 372 g/mol. The third-order valence-corrected chi connectivity index (χ3v) is 5.56. The Kier molecular flexibility index (Phi) is 5.49. The molecule has 0 bridgehead atoms. The molecule has 0 N–H and O–H groups in total. The standard InChI is InChI=1S/C18H28N8O/c1-23(16-3-6-19-18(22-16)26-9-11-27-12-10-26)15-4-7-25(8-5-15)13-17-20-14-21-24(17)2/h3,6,14-15H,4-5,7-13H2,1-2H3. The average molecular weight is 372 g/mol. The van der Waals surface area contributed by atoms with E-state index < -0.39 is 0 Å². The molecule has 0 atom stereocenters. The van der Waals surface area contributed by atoms with E-state index in [-0.39, 0.29) is 0 Å². The number of ether oxygens (including phenoxy) is 1. The van der Waals surface area contributed by atoms with Gasteiger partial charge >= 0.3 is 0 Å². The zero-order valence-electron chi connectivity index (χ0n) is 16.2. The molecule has 0 amide bonds. The molecule has 0 aromatic carbocycles. The summed E-state index contributed by atoms with van der Waals surface area (Å²) in [6, 6.07) is 2.50. The second-order valence-electron chi connectivity index (χ2n) is 7.23. The van der Waals surface area contributed by atoms with E-state index >= 15 is 0 Å². The normalized spacial score (nSPS) is 19.4. The molecular formula is C18H28N8O. The van der Waals surface area contributed by atoms with Gasteiger partial charge in [-0.05, 0) is 18.9 Å².